The van der Waals surface area contributed by atoms with Gasteiger partial charge in [0.05, 0.1) is 5.69 Å². The number of anilines is 1. The van der Waals surface area contributed by atoms with E-state index in [9.17, 15) is 4.79 Å². The molecule has 7 heteroatoms. The maximum atomic E-state index is 12.7. The van der Waals surface area contributed by atoms with Crippen molar-refractivity contribution in [3.8, 4) is 0 Å². The highest BCUT2D eigenvalue weighted by atomic mass is 35.5. The molecule has 6 nitrogen and oxygen atoms in total. The number of halogens is 1. The van der Waals surface area contributed by atoms with Gasteiger partial charge in [-0.05, 0) is 48.6 Å². The molecule has 2 aliphatic heterocycles. The van der Waals surface area contributed by atoms with Crippen LogP contribution in [0.4, 0.5) is 5.95 Å². The Labute approximate surface area is 194 Å². The molecule has 3 heterocycles. The summed E-state index contributed by atoms with van der Waals surface area (Å²) in [7, 11) is 0. The number of hydrogen-bond acceptors (Lipinski definition) is 5. The molecule has 3 aliphatic rings. The van der Waals surface area contributed by atoms with E-state index in [1.165, 1.54) is 24.8 Å². The minimum absolute atomic E-state index is 0.0352. The summed E-state index contributed by atoms with van der Waals surface area (Å²) in [5.74, 6) is 0.882. The van der Waals surface area contributed by atoms with Crippen molar-refractivity contribution in [1.82, 2.24) is 19.8 Å². The van der Waals surface area contributed by atoms with Gasteiger partial charge in [-0.1, -0.05) is 30.2 Å². The summed E-state index contributed by atoms with van der Waals surface area (Å²) < 4.78 is 0. The molecular weight excluding hydrogens is 422 g/mol. The number of hydrogen-bond donors (Lipinski definition) is 0. The summed E-state index contributed by atoms with van der Waals surface area (Å²) in [5.41, 5.74) is 3.22. The third kappa shape index (κ3) is 4.81. The monoisotopic (exact) mass is 451 g/mol. The van der Waals surface area contributed by atoms with Crippen LogP contribution in [-0.2, 0) is 17.6 Å². The highest BCUT2D eigenvalue weighted by molar-refractivity contribution is 6.30. The van der Waals surface area contributed by atoms with Gasteiger partial charge in [0.15, 0.2) is 0 Å². The first-order valence-corrected chi connectivity index (χ1v) is 12.1. The van der Waals surface area contributed by atoms with Crippen molar-refractivity contribution in [2.75, 3.05) is 44.2 Å². The number of nitrogens with zero attached hydrogens (tertiary/aromatic N) is 5. The third-order valence-corrected chi connectivity index (χ3v) is 7.25. The Bertz CT molecular complexity index is 980. The lowest BCUT2D eigenvalue weighted by Crippen LogP contribution is -2.52. The van der Waals surface area contributed by atoms with E-state index in [4.69, 9.17) is 16.6 Å². The van der Waals surface area contributed by atoms with E-state index >= 15 is 0 Å². The first-order chi connectivity index (χ1) is 15.7. The van der Waals surface area contributed by atoms with Crippen LogP contribution in [-0.4, -0.2) is 71.0 Å². The van der Waals surface area contributed by atoms with E-state index in [1.807, 2.05) is 41.4 Å². The largest absolute Gasteiger partial charge is 0.338 e. The Balaban J connectivity index is 1.19. The molecule has 0 unspecified atom stereocenters. The Hall–Kier alpha value is -2.44. The van der Waals surface area contributed by atoms with Gasteiger partial charge in [0.25, 0.3) is 0 Å². The highest BCUT2D eigenvalue weighted by Gasteiger charge is 2.29. The first-order valence-electron chi connectivity index (χ1n) is 11.7. The summed E-state index contributed by atoms with van der Waals surface area (Å²) >= 11 is 5.93. The van der Waals surface area contributed by atoms with Crippen molar-refractivity contribution in [2.24, 2.45) is 0 Å². The molecule has 1 aromatic heterocycles. The maximum Gasteiger partial charge on any atom is 0.246 e. The Morgan fingerprint density at radius 2 is 1.75 bits per heavy atom. The number of carbonyl (C=O) groups excluding carboxylic acids is 1. The number of piperazine rings is 1. The molecule has 0 N–H and O–H groups in total. The zero-order valence-electron chi connectivity index (χ0n) is 18.4. The summed E-state index contributed by atoms with van der Waals surface area (Å²) in [6.45, 7) is 5.58. The van der Waals surface area contributed by atoms with Crippen molar-refractivity contribution >= 4 is 29.5 Å². The molecule has 1 saturated carbocycles. The van der Waals surface area contributed by atoms with Crippen LogP contribution in [0, 0.1) is 0 Å². The van der Waals surface area contributed by atoms with Gasteiger partial charge in [-0.2, -0.15) is 0 Å². The molecule has 0 spiro atoms. The van der Waals surface area contributed by atoms with Crippen LogP contribution in [0.2, 0.25) is 5.02 Å². The normalized spacial score (nSPS) is 20.2. The van der Waals surface area contributed by atoms with Crippen LogP contribution in [0.25, 0.3) is 6.08 Å². The van der Waals surface area contributed by atoms with Crippen LogP contribution in [0.5, 0.6) is 0 Å². The molecule has 32 heavy (non-hydrogen) atoms. The van der Waals surface area contributed by atoms with Gasteiger partial charge in [-0.25, -0.2) is 9.97 Å². The second-order valence-electron chi connectivity index (χ2n) is 8.96. The molecule has 0 radical (unpaired) electrons. The van der Waals surface area contributed by atoms with Crippen LogP contribution in [0.3, 0.4) is 0 Å². The van der Waals surface area contributed by atoms with E-state index < -0.39 is 0 Å². The molecular formula is C25H30ClN5O. The molecule has 168 valence electrons. The third-order valence-electron chi connectivity index (χ3n) is 7.00. The fraction of sp³-hybridized carbons (Fsp3) is 0.480. The summed E-state index contributed by atoms with van der Waals surface area (Å²) in [6.07, 6.45) is 11.1. The van der Waals surface area contributed by atoms with Gasteiger partial charge in [0.2, 0.25) is 11.9 Å². The average molecular weight is 452 g/mol. The minimum Gasteiger partial charge on any atom is -0.338 e. The van der Waals surface area contributed by atoms with Crippen LogP contribution in [0.15, 0.2) is 36.5 Å². The van der Waals surface area contributed by atoms with Crippen molar-refractivity contribution in [2.45, 2.75) is 38.1 Å². The fourth-order valence-electron chi connectivity index (χ4n) is 4.72. The average Bonchev–Trinajstić information content (AvgIpc) is 3.00. The highest BCUT2D eigenvalue weighted by Crippen LogP contribution is 2.26. The van der Waals surface area contributed by atoms with Crippen molar-refractivity contribution < 1.29 is 4.79 Å². The van der Waals surface area contributed by atoms with E-state index in [-0.39, 0.29) is 5.91 Å². The maximum absolute atomic E-state index is 12.7. The van der Waals surface area contributed by atoms with E-state index in [0.29, 0.717) is 18.1 Å². The first kappa shape index (κ1) is 21.4. The number of benzene rings is 1. The minimum atomic E-state index is 0.0352. The molecule has 0 bridgehead atoms. The molecule has 1 amide bonds. The number of carbonyl (C=O) groups is 1. The summed E-state index contributed by atoms with van der Waals surface area (Å²) in [6, 6.07) is 8.29. The van der Waals surface area contributed by atoms with Gasteiger partial charge in [0.1, 0.15) is 0 Å². The topological polar surface area (TPSA) is 52.6 Å². The number of rotatable bonds is 4. The number of fused-ring (bicyclic) bond motifs is 1. The predicted molar refractivity (Wildman–Crippen MR) is 128 cm³/mol. The Kier molecular flexibility index (Phi) is 6.42. The quantitative estimate of drug-likeness (QED) is 0.666. The summed E-state index contributed by atoms with van der Waals surface area (Å²) in [4.78, 5) is 29.2. The Morgan fingerprint density at radius 1 is 1.00 bits per heavy atom. The molecule has 2 aromatic rings. The van der Waals surface area contributed by atoms with Crippen LogP contribution < -0.4 is 4.90 Å². The second kappa shape index (κ2) is 9.59. The summed E-state index contributed by atoms with van der Waals surface area (Å²) in [5, 5.41) is 0.694. The zero-order chi connectivity index (χ0) is 21.9. The van der Waals surface area contributed by atoms with E-state index in [1.54, 1.807) is 6.08 Å². The van der Waals surface area contributed by atoms with Gasteiger partial charge in [-0.3, -0.25) is 9.69 Å². The van der Waals surface area contributed by atoms with E-state index in [0.717, 1.165) is 62.3 Å². The zero-order valence-corrected chi connectivity index (χ0v) is 19.2. The molecule has 2 fully saturated rings. The smallest absolute Gasteiger partial charge is 0.246 e. The van der Waals surface area contributed by atoms with Gasteiger partial charge in [0, 0.05) is 69.0 Å². The number of amides is 1. The predicted octanol–water partition coefficient (Wildman–Crippen LogP) is 3.45. The second-order valence-corrected chi connectivity index (χ2v) is 9.40. The van der Waals surface area contributed by atoms with Crippen molar-refractivity contribution in [3.05, 3.63) is 58.4 Å². The lowest BCUT2D eigenvalue weighted by Gasteiger charge is -2.43. The van der Waals surface area contributed by atoms with E-state index in [2.05, 4.69) is 14.8 Å². The van der Waals surface area contributed by atoms with Crippen LogP contribution >= 0.6 is 11.6 Å². The van der Waals surface area contributed by atoms with Gasteiger partial charge in [-0.15, -0.1) is 0 Å². The standard InChI is InChI=1S/C25H30ClN5O/c26-21-7-4-19(5-8-21)6-9-24(32)30-12-10-20-18-27-25(28-23(20)11-13-30)31-16-14-29(15-17-31)22-2-1-3-22/h4-9,18,22H,1-3,10-17H2. The van der Waals surface area contributed by atoms with Crippen molar-refractivity contribution in [1.29, 1.82) is 0 Å². The lowest BCUT2D eigenvalue weighted by molar-refractivity contribution is -0.125. The fourth-order valence-corrected chi connectivity index (χ4v) is 4.85. The van der Waals surface area contributed by atoms with Gasteiger partial charge >= 0.3 is 0 Å². The number of aromatic nitrogens is 2. The SMILES string of the molecule is O=C(C=Cc1ccc(Cl)cc1)N1CCc2cnc(N3CCN(C4CCC4)CC3)nc2CC1. The Morgan fingerprint density at radius 3 is 2.47 bits per heavy atom. The molecule has 1 saturated heterocycles. The van der Waals surface area contributed by atoms with Gasteiger partial charge < -0.3 is 9.80 Å². The molecule has 0 atom stereocenters. The van der Waals surface area contributed by atoms with Crippen LogP contribution in [0.1, 0.15) is 36.1 Å². The molecule has 1 aromatic carbocycles. The molecule has 1 aliphatic carbocycles. The lowest BCUT2D eigenvalue weighted by atomic mass is 9.91. The molecule has 5 rings (SSSR count). The van der Waals surface area contributed by atoms with Crippen molar-refractivity contribution in [3.63, 3.8) is 0 Å².